The van der Waals surface area contributed by atoms with Crippen LogP contribution in [-0.4, -0.2) is 21.5 Å². The van der Waals surface area contributed by atoms with Crippen LogP contribution in [0.1, 0.15) is 40.6 Å². The van der Waals surface area contributed by atoms with Crippen molar-refractivity contribution in [3.8, 4) is 11.5 Å². The van der Waals surface area contributed by atoms with Gasteiger partial charge in [0.2, 0.25) is 5.78 Å². The van der Waals surface area contributed by atoms with Gasteiger partial charge < -0.3 is 18.6 Å². The number of ether oxygens (including phenoxy) is 2. The molecule has 4 aromatic rings. The van der Waals surface area contributed by atoms with Crippen molar-refractivity contribution in [3.63, 3.8) is 0 Å². The molecule has 5 rings (SSSR count). The fourth-order valence-electron chi connectivity index (χ4n) is 4.08. The van der Waals surface area contributed by atoms with E-state index in [0.29, 0.717) is 34.8 Å². The number of Topliss-reactive ketones (excluding diaryl/α,β-unsaturated/α-hetero) is 1. The van der Waals surface area contributed by atoms with Crippen LogP contribution in [0.3, 0.4) is 0 Å². The number of carbonyl (C=O) groups is 2. The molecule has 0 N–H and O–H groups in total. The molecule has 0 fully saturated rings. The number of nitrogens with zero attached hydrogens (tertiary/aromatic N) is 2. The predicted molar refractivity (Wildman–Crippen MR) is 127 cm³/mol. The molecular weight excluding hydrogens is 456 g/mol. The van der Waals surface area contributed by atoms with E-state index in [1.807, 2.05) is 24.4 Å². The standard InChI is InChI=1S/C26H21ClN2O5/c1-3-29-14-16(18-6-4-5-7-20(18)29)12-22-25(31)19-9-10-21(15(2)26(19)33-22)32-24(30)11-8-17-13-23(27)28-34-17/h4-7,9-10,12-14H,3,8,11H2,1-2H3/b22-12-. The second kappa shape index (κ2) is 8.83. The van der Waals surface area contributed by atoms with Crippen molar-refractivity contribution in [2.45, 2.75) is 33.2 Å². The minimum absolute atomic E-state index is 0.0917. The van der Waals surface area contributed by atoms with Crippen LogP contribution in [0.4, 0.5) is 0 Å². The van der Waals surface area contributed by atoms with Crippen LogP contribution >= 0.6 is 11.6 Å². The van der Waals surface area contributed by atoms with Crippen LogP contribution in [0.15, 0.2) is 58.9 Å². The van der Waals surface area contributed by atoms with Gasteiger partial charge in [-0.3, -0.25) is 9.59 Å². The number of hydrogen-bond acceptors (Lipinski definition) is 6. The maximum absolute atomic E-state index is 13.0. The van der Waals surface area contributed by atoms with Gasteiger partial charge in [-0.05, 0) is 38.1 Å². The second-order valence-corrected chi connectivity index (χ2v) is 8.37. The molecule has 1 aliphatic rings. The molecule has 0 unspecified atom stereocenters. The van der Waals surface area contributed by atoms with E-state index in [0.717, 1.165) is 23.0 Å². The summed E-state index contributed by atoms with van der Waals surface area (Å²) in [5.41, 5.74) is 3.03. The number of rotatable bonds is 6. The molecule has 2 aromatic carbocycles. The van der Waals surface area contributed by atoms with Crippen molar-refractivity contribution in [1.29, 1.82) is 0 Å². The molecule has 0 amide bonds. The molecule has 3 heterocycles. The van der Waals surface area contributed by atoms with E-state index in [9.17, 15) is 9.59 Å². The molecule has 34 heavy (non-hydrogen) atoms. The van der Waals surface area contributed by atoms with Crippen molar-refractivity contribution in [1.82, 2.24) is 9.72 Å². The molecule has 2 aromatic heterocycles. The SMILES string of the molecule is CCn1cc(/C=C2\Oc3c(ccc(OC(=O)CCc4cc(Cl)no4)c3C)C2=O)c2ccccc21. The number of allylic oxidation sites excluding steroid dienone is 1. The number of ketones is 1. The minimum atomic E-state index is -0.442. The van der Waals surface area contributed by atoms with E-state index < -0.39 is 5.97 Å². The summed E-state index contributed by atoms with van der Waals surface area (Å²) in [5, 5.41) is 4.87. The Labute approximate surface area is 200 Å². The lowest BCUT2D eigenvalue weighted by atomic mass is 10.1. The van der Waals surface area contributed by atoms with Crippen molar-refractivity contribution in [3.05, 3.63) is 82.0 Å². The van der Waals surface area contributed by atoms with E-state index in [1.54, 1.807) is 31.2 Å². The molecule has 172 valence electrons. The quantitative estimate of drug-likeness (QED) is 0.200. The highest BCUT2D eigenvalue weighted by atomic mass is 35.5. The number of hydrogen-bond donors (Lipinski definition) is 0. The first-order chi connectivity index (χ1) is 16.4. The zero-order valence-electron chi connectivity index (χ0n) is 18.6. The van der Waals surface area contributed by atoms with Gasteiger partial charge in [-0.2, -0.15) is 0 Å². The Morgan fingerprint density at radius 3 is 2.82 bits per heavy atom. The first kappa shape index (κ1) is 22.0. The third-order valence-electron chi connectivity index (χ3n) is 5.81. The number of carbonyl (C=O) groups excluding carboxylic acids is 2. The van der Waals surface area contributed by atoms with Gasteiger partial charge in [-0.15, -0.1) is 0 Å². The average Bonchev–Trinajstić information content (AvgIpc) is 3.51. The van der Waals surface area contributed by atoms with Gasteiger partial charge in [-0.25, -0.2) is 0 Å². The van der Waals surface area contributed by atoms with Gasteiger partial charge in [-0.1, -0.05) is 35.0 Å². The van der Waals surface area contributed by atoms with Gasteiger partial charge in [0.1, 0.15) is 17.3 Å². The summed E-state index contributed by atoms with van der Waals surface area (Å²) in [7, 11) is 0. The third-order valence-corrected chi connectivity index (χ3v) is 5.99. The van der Waals surface area contributed by atoms with Crippen LogP contribution < -0.4 is 9.47 Å². The Morgan fingerprint density at radius 1 is 1.24 bits per heavy atom. The molecule has 0 radical (unpaired) electrons. The molecule has 0 saturated heterocycles. The monoisotopic (exact) mass is 476 g/mol. The van der Waals surface area contributed by atoms with Crippen LogP contribution in [0, 0.1) is 6.92 Å². The molecule has 0 saturated carbocycles. The fourth-order valence-corrected chi connectivity index (χ4v) is 4.23. The van der Waals surface area contributed by atoms with E-state index in [-0.39, 0.29) is 23.1 Å². The molecule has 7 nitrogen and oxygen atoms in total. The molecule has 8 heteroatoms. The van der Waals surface area contributed by atoms with Crippen LogP contribution in [0.5, 0.6) is 11.5 Å². The first-order valence-corrected chi connectivity index (χ1v) is 11.3. The van der Waals surface area contributed by atoms with E-state index >= 15 is 0 Å². The number of para-hydroxylation sites is 1. The molecule has 0 atom stereocenters. The molecule has 0 bridgehead atoms. The Balaban J connectivity index is 1.37. The number of fused-ring (bicyclic) bond motifs is 2. The predicted octanol–water partition coefficient (Wildman–Crippen LogP) is 5.77. The second-order valence-electron chi connectivity index (χ2n) is 7.98. The van der Waals surface area contributed by atoms with E-state index in [1.165, 1.54) is 0 Å². The Kier molecular flexibility index (Phi) is 5.71. The molecule has 1 aliphatic heterocycles. The summed E-state index contributed by atoms with van der Waals surface area (Å²) in [6.45, 7) is 4.65. The van der Waals surface area contributed by atoms with Gasteiger partial charge in [0.05, 0.1) is 12.0 Å². The molecular formula is C26H21ClN2O5. The lowest BCUT2D eigenvalue weighted by molar-refractivity contribution is -0.134. The Hall–Kier alpha value is -3.84. The zero-order chi connectivity index (χ0) is 23.8. The Morgan fingerprint density at radius 2 is 2.06 bits per heavy atom. The van der Waals surface area contributed by atoms with Gasteiger partial charge >= 0.3 is 5.97 Å². The maximum Gasteiger partial charge on any atom is 0.311 e. The number of esters is 1. The van der Waals surface area contributed by atoms with Gasteiger partial charge in [0, 0.05) is 47.3 Å². The van der Waals surface area contributed by atoms with Gasteiger partial charge in [0.15, 0.2) is 10.9 Å². The van der Waals surface area contributed by atoms with Crippen LogP contribution in [0.2, 0.25) is 5.15 Å². The summed E-state index contributed by atoms with van der Waals surface area (Å²) < 4.78 is 18.6. The largest absolute Gasteiger partial charge is 0.452 e. The van der Waals surface area contributed by atoms with Gasteiger partial charge in [0.25, 0.3) is 0 Å². The zero-order valence-corrected chi connectivity index (χ0v) is 19.4. The highest BCUT2D eigenvalue weighted by molar-refractivity contribution is 6.29. The summed E-state index contributed by atoms with van der Waals surface area (Å²) >= 11 is 5.72. The third kappa shape index (κ3) is 3.99. The normalized spacial score (nSPS) is 14.0. The maximum atomic E-state index is 13.0. The molecule has 0 spiro atoms. The lowest BCUT2D eigenvalue weighted by Crippen LogP contribution is -2.10. The summed E-state index contributed by atoms with van der Waals surface area (Å²) in [5.74, 6) is 0.844. The van der Waals surface area contributed by atoms with Crippen molar-refractivity contribution < 1.29 is 23.6 Å². The number of aryl methyl sites for hydroxylation is 2. The highest BCUT2D eigenvalue weighted by Gasteiger charge is 2.31. The van der Waals surface area contributed by atoms with Crippen LogP contribution in [-0.2, 0) is 17.8 Å². The highest BCUT2D eigenvalue weighted by Crippen LogP contribution is 2.40. The van der Waals surface area contributed by atoms with E-state index in [4.69, 9.17) is 25.6 Å². The fraction of sp³-hybridized carbons (Fsp3) is 0.192. The van der Waals surface area contributed by atoms with Crippen molar-refractivity contribution >= 4 is 40.3 Å². The first-order valence-electron chi connectivity index (χ1n) is 10.9. The minimum Gasteiger partial charge on any atom is -0.452 e. The van der Waals surface area contributed by atoms with Crippen molar-refractivity contribution in [2.75, 3.05) is 0 Å². The number of aromatic nitrogens is 2. The van der Waals surface area contributed by atoms with Crippen molar-refractivity contribution in [2.24, 2.45) is 0 Å². The summed E-state index contributed by atoms with van der Waals surface area (Å²) in [6.07, 6.45) is 4.19. The number of halogens is 1. The smallest absolute Gasteiger partial charge is 0.311 e. The number of benzene rings is 2. The summed E-state index contributed by atoms with van der Waals surface area (Å²) in [6, 6.07) is 12.8. The Bertz CT molecular complexity index is 1460. The topological polar surface area (TPSA) is 83.6 Å². The van der Waals surface area contributed by atoms with E-state index in [2.05, 4.69) is 22.7 Å². The molecule has 0 aliphatic carbocycles. The lowest BCUT2D eigenvalue weighted by Gasteiger charge is -2.09. The average molecular weight is 477 g/mol. The van der Waals surface area contributed by atoms with Crippen LogP contribution in [0.25, 0.3) is 17.0 Å². The summed E-state index contributed by atoms with van der Waals surface area (Å²) in [4.78, 5) is 25.4.